The van der Waals surface area contributed by atoms with Crippen molar-refractivity contribution in [3.8, 4) is 0 Å². The van der Waals surface area contributed by atoms with E-state index in [2.05, 4.69) is 45.0 Å². The predicted molar refractivity (Wildman–Crippen MR) is 87.1 cm³/mol. The van der Waals surface area contributed by atoms with Crippen LogP contribution in [0.15, 0.2) is 0 Å². The number of nitrogens with one attached hydrogen (secondary N) is 1. The van der Waals surface area contributed by atoms with Crippen molar-refractivity contribution >= 4 is 0 Å². The molecule has 4 atom stereocenters. The lowest BCUT2D eigenvalue weighted by Crippen LogP contribution is -2.47. The van der Waals surface area contributed by atoms with Crippen LogP contribution in [0, 0.1) is 17.8 Å². The fraction of sp³-hybridized carbons (Fsp3) is 1.00. The Morgan fingerprint density at radius 3 is 2.50 bits per heavy atom. The molecule has 0 bridgehead atoms. The molecule has 1 rings (SSSR count). The minimum atomic E-state index is 0.502. The van der Waals surface area contributed by atoms with Crippen LogP contribution >= 0.6 is 0 Å². The third kappa shape index (κ3) is 5.34. The number of nitrogens with zero attached hydrogens (tertiary/aromatic N) is 1. The standard InChI is InChI=1S/C17H36N2O/c1-7-18-17-9-8-15(13(2)3)10-16(17)11-19(5)14(4)12-20-6/h13-18H,7-12H2,1-6H3. The van der Waals surface area contributed by atoms with E-state index in [0.29, 0.717) is 12.1 Å². The van der Waals surface area contributed by atoms with Crippen LogP contribution in [-0.2, 0) is 4.74 Å². The summed E-state index contributed by atoms with van der Waals surface area (Å²) in [6, 6.07) is 1.20. The van der Waals surface area contributed by atoms with Gasteiger partial charge >= 0.3 is 0 Å². The minimum absolute atomic E-state index is 0.502. The highest BCUT2D eigenvalue weighted by Crippen LogP contribution is 2.34. The quantitative estimate of drug-likeness (QED) is 0.741. The molecular formula is C17H36N2O. The molecule has 0 heterocycles. The van der Waals surface area contributed by atoms with Gasteiger partial charge in [0.15, 0.2) is 0 Å². The molecule has 1 N–H and O–H groups in total. The zero-order chi connectivity index (χ0) is 15.1. The topological polar surface area (TPSA) is 24.5 Å². The Bertz CT molecular complexity index is 257. The zero-order valence-corrected chi connectivity index (χ0v) is 14.5. The molecular weight excluding hydrogens is 248 g/mol. The van der Waals surface area contributed by atoms with Crippen molar-refractivity contribution in [1.82, 2.24) is 10.2 Å². The summed E-state index contributed by atoms with van der Waals surface area (Å²) in [4.78, 5) is 2.47. The smallest absolute Gasteiger partial charge is 0.0615 e. The van der Waals surface area contributed by atoms with Crippen LogP contribution < -0.4 is 5.32 Å². The second-order valence-electron chi connectivity index (χ2n) is 6.99. The maximum absolute atomic E-state index is 5.29. The maximum atomic E-state index is 5.29. The molecule has 3 nitrogen and oxygen atoms in total. The summed E-state index contributed by atoms with van der Waals surface area (Å²) in [7, 11) is 4.03. The summed E-state index contributed by atoms with van der Waals surface area (Å²) in [5, 5.41) is 3.71. The Labute approximate surface area is 126 Å². The molecule has 3 heteroatoms. The second kappa shape index (κ2) is 9.01. The van der Waals surface area contributed by atoms with Gasteiger partial charge in [0.2, 0.25) is 0 Å². The van der Waals surface area contributed by atoms with Gasteiger partial charge in [-0.2, -0.15) is 0 Å². The first-order valence-electron chi connectivity index (χ1n) is 8.42. The molecule has 1 aliphatic carbocycles. The van der Waals surface area contributed by atoms with Gasteiger partial charge in [-0.05, 0) is 57.5 Å². The van der Waals surface area contributed by atoms with Crippen LogP contribution in [-0.4, -0.2) is 50.8 Å². The van der Waals surface area contributed by atoms with Crippen molar-refractivity contribution in [3.05, 3.63) is 0 Å². The van der Waals surface area contributed by atoms with Gasteiger partial charge in [-0.1, -0.05) is 20.8 Å². The molecule has 1 aliphatic rings. The van der Waals surface area contributed by atoms with Gasteiger partial charge in [-0.25, -0.2) is 0 Å². The average Bonchev–Trinajstić information content (AvgIpc) is 2.40. The van der Waals surface area contributed by atoms with Crippen molar-refractivity contribution in [1.29, 1.82) is 0 Å². The summed E-state index contributed by atoms with van der Waals surface area (Å²) >= 11 is 0. The number of likely N-dealkylation sites (N-methyl/N-ethyl adjacent to an activating group) is 1. The van der Waals surface area contributed by atoms with Crippen molar-refractivity contribution in [2.75, 3.05) is 33.9 Å². The Balaban J connectivity index is 2.59. The first-order valence-corrected chi connectivity index (χ1v) is 8.42. The van der Waals surface area contributed by atoms with Gasteiger partial charge in [0, 0.05) is 25.7 Å². The lowest BCUT2D eigenvalue weighted by atomic mass is 9.73. The molecule has 1 saturated carbocycles. The lowest BCUT2D eigenvalue weighted by Gasteiger charge is -2.41. The number of hydrogen-bond donors (Lipinski definition) is 1. The zero-order valence-electron chi connectivity index (χ0n) is 14.5. The Morgan fingerprint density at radius 2 is 1.95 bits per heavy atom. The molecule has 4 unspecified atom stereocenters. The lowest BCUT2D eigenvalue weighted by molar-refractivity contribution is 0.0791. The highest BCUT2D eigenvalue weighted by Gasteiger charge is 2.32. The van der Waals surface area contributed by atoms with E-state index in [1.807, 2.05) is 0 Å². The first-order chi connectivity index (χ1) is 9.49. The SMILES string of the molecule is CCNC1CCC(C(C)C)CC1CN(C)C(C)COC. The Kier molecular flexibility index (Phi) is 8.08. The van der Waals surface area contributed by atoms with Gasteiger partial charge in [0.05, 0.1) is 6.61 Å². The van der Waals surface area contributed by atoms with Crippen molar-refractivity contribution in [2.45, 2.75) is 59.0 Å². The summed E-state index contributed by atoms with van der Waals surface area (Å²) in [5.41, 5.74) is 0. The van der Waals surface area contributed by atoms with Gasteiger partial charge in [-0.3, -0.25) is 0 Å². The third-order valence-electron chi connectivity index (χ3n) is 5.11. The molecule has 0 aromatic carbocycles. The average molecular weight is 284 g/mol. The number of ether oxygens (including phenoxy) is 1. The van der Waals surface area contributed by atoms with Crippen molar-refractivity contribution < 1.29 is 4.74 Å². The van der Waals surface area contributed by atoms with E-state index in [0.717, 1.165) is 30.9 Å². The molecule has 20 heavy (non-hydrogen) atoms. The molecule has 0 saturated heterocycles. The predicted octanol–water partition coefficient (Wildman–Crippen LogP) is 3.00. The second-order valence-corrected chi connectivity index (χ2v) is 6.99. The molecule has 0 spiro atoms. The fourth-order valence-corrected chi connectivity index (χ4v) is 3.56. The number of methoxy groups -OCH3 is 1. The molecule has 1 fully saturated rings. The van der Waals surface area contributed by atoms with Gasteiger partial charge in [-0.15, -0.1) is 0 Å². The van der Waals surface area contributed by atoms with E-state index in [-0.39, 0.29) is 0 Å². The normalized spacial score (nSPS) is 29.1. The van der Waals surface area contributed by atoms with Gasteiger partial charge < -0.3 is 15.0 Å². The van der Waals surface area contributed by atoms with E-state index in [9.17, 15) is 0 Å². The van der Waals surface area contributed by atoms with Crippen LogP contribution in [0.4, 0.5) is 0 Å². The van der Waals surface area contributed by atoms with Crippen LogP contribution in [0.3, 0.4) is 0 Å². The maximum Gasteiger partial charge on any atom is 0.0615 e. The summed E-state index contributed by atoms with van der Waals surface area (Å²) in [6.45, 7) is 12.3. The highest BCUT2D eigenvalue weighted by atomic mass is 16.5. The van der Waals surface area contributed by atoms with Gasteiger partial charge in [0.1, 0.15) is 0 Å². The summed E-state index contributed by atoms with van der Waals surface area (Å²) < 4.78 is 5.29. The third-order valence-corrected chi connectivity index (χ3v) is 5.11. The molecule has 0 amide bonds. The van der Waals surface area contributed by atoms with Crippen LogP contribution in [0.5, 0.6) is 0 Å². The largest absolute Gasteiger partial charge is 0.383 e. The summed E-state index contributed by atoms with van der Waals surface area (Å²) in [6.07, 6.45) is 4.11. The van der Waals surface area contributed by atoms with Crippen LogP contribution in [0.1, 0.15) is 47.0 Å². The van der Waals surface area contributed by atoms with E-state index < -0.39 is 0 Å². The summed E-state index contributed by atoms with van der Waals surface area (Å²) in [5.74, 6) is 2.50. The monoisotopic (exact) mass is 284 g/mol. The highest BCUT2D eigenvalue weighted by molar-refractivity contribution is 4.87. The molecule has 120 valence electrons. The molecule has 0 aromatic heterocycles. The van der Waals surface area contributed by atoms with E-state index >= 15 is 0 Å². The molecule has 0 aliphatic heterocycles. The Hall–Kier alpha value is -0.120. The van der Waals surface area contributed by atoms with Crippen molar-refractivity contribution in [2.24, 2.45) is 17.8 Å². The number of rotatable bonds is 8. The Morgan fingerprint density at radius 1 is 1.25 bits per heavy atom. The molecule has 0 radical (unpaired) electrons. The van der Waals surface area contributed by atoms with E-state index in [1.54, 1.807) is 7.11 Å². The first kappa shape index (κ1) is 17.9. The minimum Gasteiger partial charge on any atom is -0.383 e. The van der Waals surface area contributed by atoms with Crippen LogP contribution in [0.25, 0.3) is 0 Å². The van der Waals surface area contributed by atoms with E-state index in [1.165, 1.54) is 25.8 Å². The molecule has 0 aromatic rings. The van der Waals surface area contributed by atoms with Crippen LogP contribution in [0.2, 0.25) is 0 Å². The van der Waals surface area contributed by atoms with Crippen molar-refractivity contribution in [3.63, 3.8) is 0 Å². The van der Waals surface area contributed by atoms with E-state index in [4.69, 9.17) is 4.74 Å². The van der Waals surface area contributed by atoms with Gasteiger partial charge in [0.25, 0.3) is 0 Å². The number of hydrogen-bond acceptors (Lipinski definition) is 3. The fourth-order valence-electron chi connectivity index (χ4n) is 3.56.